The van der Waals surface area contributed by atoms with Gasteiger partial charge in [0.25, 0.3) is 10.2 Å². The minimum Gasteiger partial charge on any atom is -0.369 e. The lowest BCUT2D eigenvalue weighted by molar-refractivity contribution is 0.254. The largest absolute Gasteiger partial charge is 0.369 e. The van der Waals surface area contributed by atoms with E-state index in [9.17, 15) is 8.42 Å². The Hall–Kier alpha value is -1.11. The molecule has 3 rings (SSSR count). The van der Waals surface area contributed by atoms with E-state index >= 15 is 0 Å². The summed E-state index contributed by atoms with van der Waals surface area (Å²) in [6.45, 7) is 6.13. The Morgan fingerprint density at radius 3 is 2.27 bits per heavy atom. The van der Waals surface area contributed by atoms with E-state index in [0.717, 1.165) is 25.9 Å². The Morgan fingerprint density at radius 2 is 1.64 bits per heavy atom. The van der Waals surface area contributed by atoms with Crippen molar-refractivity contribution in [3.05, 3.63) is 30.3 Å². The lowest BCUT2D eigenvalue weighted by Crippen LogP contribution is -2.54. The standard InChI is InChI=1S/C16H25N3O2S/c1-15-6-5-9-19(14-15)22(20,21)18-12-10-17(11-13-18)16-7-3-2-4-8-16/h2-4,7-8,15H,5-6,9-14H2,1H3/t15-/m1/s1. The van der Waals surface area contributed by atoms with E-state index in [0.29, 0.717) is 32.1 Å². The Labute approximate surface area is 133 Å². The van der Waals surface area contributed by atoms with Crippen molar-refractivity contribution in [3.8, 4) is 0 Å². The fourth-order valence-corrected chi connectivity index (χ4v) is 5.09. The molecule has 122 valence electrons. The van der Waals surface area contributed by atoms with Crippen LogP contribution < -0.4 is 4.90 Å². The maximum atomic E-state index is 12.8. The number of piperidine rings is 1. The van der Waals surface area contributed by atoms with Crippen molar-refractivity contribution < 1.29 is 8.42 Å². The van der Waals surface area contributed by atoms with Crippen LogP contribution >= 0.6 is 0 Å². The number of piperazine rings is 1. The quantitative estimate of drug-likeness (QED) is 0.852. The molecule has 2 aliphatic rings. The van der Waals surface area contributed by atoms with E-state index < -0.39 is 10.2 Å². The minimum absolute atomic E-state index is 0.467. The van der Waals surface area contributed by atoms with Gasteiger partial charge in [0, 0.05) is 45.0 Å². The molecule has 2 heterocycles. The zero-order chi connectivity index (χ0) is 15.6. The molecule has 6 heteroatoms. The fourth-order valence-electron chi connectivity index (χ4n) is 3.33. The second kappa shape index (κ2) is 6.56. The van der Waals surface area contributed by atoms with Crippen LogP contribution in [0.25, 0.3) is 0 Å². The van der Waals surface area contributed by atoms with Crippen LogP contribution in [0.5, 0.6) is 0 Å². The first-order chi connectivity index (χ1) is 10.6. The van der Waals surface area contributed by atoms with Gasteiger partial charge in [-0.2, -0.15) is 17.0 Å². The highest BCUT2D eigenvalue weighted by atomic mass is 32.2. The van der Waals surface area contributed by atoms with Crippen molar-refractivity contribution in [3.63, 3.8) is 0 Å². The van der Waals surface area contributed by atoms with Gasteiger partial charge >= 0.3 is 0 Å². The van der Waals surface area contributed by atoms with Crippen LogP contribution in [0.1, 0.15) is 19.8 Å². The van der Waals surface area contributed by atoms with Crippen LogP contribution in [-0.4, -0.2) is 56.3 Å². The van der Waals surface area contributed by atoms with Gasteiger partial charge < -0.3 is 4.90 Å². The number of nitrogens with zero attached hydrogens (tertiary/aromatic N) is 3. The van der Waals surface area contributed by atoms with E-state index in [2.05, 4.69) is 24.0 Å². The van der Waals surface area contributed by atoms with Crippen molar-refractivity contribution in [2.75, 3.05) is 44.2 Å². The molecule has 0 bridgehead atoms. The van der Waals surface area contributed by atoms with E-state index in [1.807, 2.05) is 18.2 Å². The Bertz CT molecular complexity index is 583. The predicted octanol–water partition coefficient (Wildman–Crippen LogP) is 1.79. The van der Waals surface area contributed by atoms with E-state index in [4.69, 9.17) is 0 Å². The summed E-state index contributed by atoms with van der Waals surface area (Å²) in [5, 5.41) is 0. The topological polar surface area (TPSA) is 43.9 Å². The molecule has 2 aliphatic heterocycles. The highest BCUT2D eigenvalue weighted by molar-refractivity contribution is 7.86. The van der Waals surface area contributed by atoms with Gasteiger partial charge in [-0.25, -0.2) is 0 Å². The van der Waals surface area contributed by atoms with Crippen molar-refractivity contribution in [1.29, 1.82) is 0 Å². The minimum atomic E-state index is -3.28. The molecular formula is C16H25N3O2S. The van der Waals surface area contributed by atoms with Crippen molar-refractivity contribution in [2.24, 2.45) is 5.92 Å². The zero-order valence-electron chi connectivity index (χ0n) is 13.2. The van der Waals surface area contributed by atoms with Crippen LogP contribution in [-0.2, 0) is 10.2 Å². The smallest absolute Gasteiger partial charge is 0.282 e. The summed E-state index contributed by atoms with van der Waals surface area (Å²) in [5.74, 6) is 0.467. The third-order valence-electron chi connectivity index (χ3n) is 4.63. The van der Waals surface area contributed by atoms with Gasteiger partial charge in [0.2, 0.25) is 0 Å². The van der Waals surface area contributed by atoms with Gasteiger partial charge in [0.05, 0.1) is 0 Å². The molecule has 5 nitrogen and oxygen atoms in total. The first-order valence-electron chi connectivity index (χ1n) is 8.12. The molecule has 2 saturated heterocycles. The monoisotopic (exact) mass is 323 g/mol. The molecule has 0 aliphatic carbocycles. The molecule has 0 radical (unpaired) electrons. The van der Waals surface area contributed by atoms with Gasteiger partial charge in [-0.1, -0.05) is 25.1 Å². The number of hydrogen-bond acceptors (Lipinski definition) is 3. The van der Waals surface area contributed by atoms with Crippen LogP contribution in [0.15, 0.2) is 30.3 Å². The second-order valence-corrected chi connectivity index (χ2v) is 8.26. The van der Waals surface area contributed by atoms with Crippen LogP contribution in [0.4, 0.5) is 5.69 Å². The van der Waals surface area contributed by atoms with Gasteiger partial charge in [-0.3, -0.25) is 0 Å². The maximum absolute atomic E-state index is 12.8. The van der Waals surface area contributed by atoms with E-state index in [-0.39, 0.29) is 0 Å². The van der Waals surface area contributed by atoms with Crippen LogP contribution in [0.2, 0.25) is 0 Å². The Balaban J connectivity index is 1.63. The number of rotatable bonds is 3. The molecule has 1 atom stereocenters. The second-order valence-electron chi connectivity index (χ2n) is 6.33. The molecule has 0 unspecified atom stereocenters. The molecule has 0 aromatic heterocycles. The maximum Gasteiger partial charge on any atom is 0.282 e. The first-order valence-corrected chi connectivity index (χ1v) is 9.52. The van der Waals surface area contributed by atoms with Gasteiger partial charge in [0.15, 0.2) is 0 Å². The summed E-state index contributed by atoms with van der Waals surface area (Å²) in [4.78, 5) is 2.25. The first kappa shape index (κ1) is 15.8. The number of anilines is 1. The normalized spacial score (nSPS) is 25.3. The number of para-hydroxylation sites is 1. The van der Waals surface area contributed by atoms with Crippen LogP contribution in [0.3, 0.4) is 0 Å². The third kappa shape index (κ3) is 3.29. The average Bonchev–Trinajstić information content (AvgIpc) is 2.56. The summed E-state index contributed by atoms with van der Waals surface area (Å²) in [6.07, 6.45) is 2.11. The molecule has 0 saturated carbocycles. The van der Waals surface area contributed by atoms with E-state index in [1.165, 1.54) is 5.69 Å². The van der Waals surface area contributed by atoms with Crippen molar-refractivity contribution in [2.45, 2.75) is 19.8 Å². The average molecular weight is 323 g/mol. The molecule has 22 heavy (non-hydrogen) atoms. The van der Waals surface area contributed by atoms with Gasteiger partial charge in [-0.05, 0) is 30.9 Å². The number of hydrogen-bond donors (Lipinski definition) is 0. The number of benzene rings is 1. The van der Waals surface area contributed by atoms with Crippen molar-refractivity contribution in [1.82, 2.24) is 8.61 Å². The Kier molecular flexibility index (Phi) is 4.70. The SMILES string of the molecule is C[C@@H]1CCCN(S(=O)(=O)N2CCN(c3ccccc3)CC2)C1. The molecule has 0 N–H and O–H groups in total. The summed E-state index contributed by atoms with van der Waals surface area (Å²) in [5.41, 5.74) is 1.17. The molecule has 0 spiro atoms. The highest BCUT2D eigenvalue weighted by Crippen LogP contribution is 2.23. The molecule has 2 fully saturated rings. The summed E-state index contributed by atoms with van der Waals surface area (Å²) in [7, 11) is -3.28. The predicted molar refractivity (Wildman–Crippen MR) is 89.1 cm³/mol. The third-order valence-corrected chi connectivity index (χ3v) is 6.63. The van der Waals surface area contributed by atoms with Gasteiger partial charge in [-0.15, -0.1) is 0 Å². The lowest BCUT2D eigenvalue weighted by Gasteiger charge is -2.39. The van der Waals surface area contributed by atoms with Gasteiger partial charge in [0.1, 0.15) is 0 Å². The summed E-state index contributed by atoms with van der Waals surface area (Å²) >= 11 is 0. The lowest BCUT2D eigenvalue weighted by atomic mass is 10.0. The molecule has 1 aromatic rings. The molecular weight excluding hydrogens is 298 g/mol. The van der Waals surface area contributed by atoms with E-state index in [1.54, 1.807) is 8.61 Å². The Morgan fingerprint density at radius 1 is 0.955 bits per heavy atom. The molecule has 0 amide bonds. The van der Waals surface area contributed by atoms with Crippen LogP contribution in [0, 0.1) is 5.92 Å². The zero-order valence-corrected chi connectivity index (χ0v) is 14.0. The summed E-state index contributed by atoms with van der Waals surface area (Å²) in [6, 6.07) is 10.2. The molecule has 1 aromatic carbocycles. The highest BCUT2D eigenvalue weighted by Gasteiger charge is 2.34. The fraction of sp³-hybridized carbons (Fsp3) is 0.625. The summed E-state index contributed by atoms with van der Waals surface area (Å²) < 4.78 is 28.9. The van der Waals surface area contributed by atoms with Crippen molar-refractivity contribution >= 4 is 15.9 Å².